The van der Waals surface area contributed by atoms with Crippen LogP contribution in [-0.4, -0.2) is 34.9 Å². The van der Waals surface area contributed by atoms with Crippen molar-refractivity contribution in [3.05, 3.63) is 23.3 Å². The lowest BCUT2D eigenvalue weighted by molar-refractivity contribution is -0.148. The molecule has 0 spiro atoms. The van der Waals surface area contributed by atoms with Gasteiger partial charge in [-0.2, -0.15) is 0 Å². The molecule has 0 amide bonds. The molecule has 6 nitrogen and oxygen atoms in total. The van der Waals surface area contributed by atoms with Gasteiger partial charge in [-0.05, 0) is 25.0 Å². The molecule has 3 heterocycles. The van der Waals surface area contributed by atoms with E-state index in [-0.39, 0.29) is 54.0 Å². The Balaban J connectivity index is 2.09. The minimum absolute atomic E-state index is 0.0347. The van der Waals surface area contributed by atoms with Gasteiger partial charge in [-0.25, -0.2) is 0 Å². The van der Waals surface area contributed by atoms with Crippen LogP contribution < -0.4 is 4.74 Å². The van der Waals surface area contributed by atoms with E-state index in [0.29, 0.717) is 12.0 Å². The van der Waals surface area contributed by atoms with Gasteiger partial charge in [-0.1, -0.05) is 0 Å². The molecule has 0 saturated carbocycles. The Kier molecular flexibility index (Phi) is 3.60. The SMILES string of the molecule is C[C@H]1CCC(=O)[C@@H]2CC(=O)c3c(cc(O)cc3O2)CC(=O)O1. The molecule has 0 aliphatic carbocycles. The number of ketones is 2. The van der Waals surface area contributed by atoms with Gasteiger partial charge >= 0.3 is 5.97 Å². The number of hydrogen-bond acceptors (Lipinski definition) is 6. The van der Waals surface area contributed by atoms with Crippen LogP contribution in [0.4, 0.5) is 0 Å². The van der Waals surface area contributed by atoms with Gasteiger partial charge in [0.15, 0.2) is 17.7 Å². The molecule has 22 heavy (non-hydrogen) atoms. The van der Waals surface area contributed by atoms with Gasteiger partial charge in [0, 0.05) is 12.5 Å². The van der Waals surface area contributed by atoms with E-state index < -0.39 is 12.1 Å². The highest BCUT2D eigenvalue weighted by atomic mass is 16.5. The second-order valence-corrected chi connectivity index (χ2v) is 5.69. The highest BCUT2D eigenvalue weighted by Crippen LogP contribution is 2.35. The Morgan fingerprint density at radius 2 is 1.95 bits per heavy atom. The van der Waals surface area contributed by atoms with E-state index >= 15 is 0 Å². The smallest absolute Gasteiger partial charge is 0.310 e. The predicted octanol–water partition coefficient (Wildman–Crippen LogP) is 1.56. The summed E-state index contributed by atoms with van der Waals surface area (Å²) < 4.78 is 10.8. The van der Waals surface area contributed by atoms with Crippen LogP contribution in [0.1, 0.15) is 42.1 Å². The Hall–Kier alpha value is -2.37. The Morgan fingerprint density at radius 3 is 2.73 bits per heavy atom. The standard InChI is InChI=1S/C16H16O6/c1-8-2-3-11(18)13-7-12(19)16-9(5-15(20)21-8)4-10(17)6-14(16)22-13/h4,6,8,13,17H,2-3,5,7H2,1H3/t8-,13-/m0/s1. The van der Waals surface area contributed by atoms with Crippen LogP contribution in [0, 0.1) is 0 Å². The van der Waals surface area contributed by atoms with Gasteiger partial charge in [-0.15, -0.1) is 0 Å². The maximum absolute atomic E-state index is 12.3. The van der Waals surface area contributed by atoms with Crippen molar-refractivity contribution in [1.82, 2.24) is 0 Å². The lowest BCUT2D eigenvalue weighted by Crippen LogP contribution is -2.36. The van der Waals surface area contributed by atoms with Gasteiger partial charge in [0.2, 0.25) is 0 Å². The number of benzene rings is 1. The zero-order chi connectivity index (χ0) is 15.9. The number of carbonyl (C=O) groups is 3. The fourth-order valence-electron chi connectivity index (χ4n) is 2.84. The average Bonchev–Trinajstić information content (AvgIpc) is 2.42. The summed E-state index contributed by atoms with van der Waals surface area (Å²) in [4.78, 5) is 36.5. The van der Waals surface area contributed by atoms with Gasteiger partial charge in [0.1, 0.15) is 11.5 Å². The first kappa shape index (κ1) is 14.6. The average molecular weight is 304 g/mol. The lowest BCUT2D eigenvalue weighted by Gasteiger charge is -2.27. The number of hydrogen-bond donors (Lipinski definition) is 1. The molecule has 116 valence electrons. The van der Waals surface area contributed by atoms with Crippen LogP contribution in [0.2, 0.25) is 0 Å². The van der Waals surface area contributed by atoms with Gasteiger partial charge in [0.05, 0.1) is 24.5 Å². The fourth-order valence-corrected chi connectivity index (χ4v) is 2.84. The molecule has 0 saturated heterocycles. The largest absolute Gasteiger partial charge is 0.508 e. The van der Waals surface area contributed by atoms with Crippen molar-refractivity contribution in [1.29, 1.82) is 0 Å². The van der Waals surface area contributed by atoms with Crippen LogP contribution >= 0.6 is 0 Å². The zero-order valence-electron chi connectivity index (χ0n) is 12.1. The number of aromatic hydroxyl groups is 1. The maximum atomic E-state index is 12.3. The first-order valence-corrected chi connectivity index (χ1v) is 7.22. The first-order valence-electron chi connectivity index (χ1n) is 7.22. The molecule has 1 aromatic carbocycles. The first-order chi connectivity index (χ1) is 10.4. The molecule has 4 bridgehead atoms. The number of fused-ring (bicyclic) bond motifs is 7. The van der Waals surface area contributed by atoms with Crippen LogP contribution in [0.5, 0.6) is 11.5 Å². The van der Waals surface area contributed by atoms with E-state index in [0.717, 1.165) is 0 Å². The summed E-state index contributed by atoms with van der Waals surface area (Å²) in [5.41, 5.74) is 0.621. The van der Waals surface area contributed by atoms with Crippen molar-refractivity contribution in [3.63, 3.8) is 0 Å². The summed E-state index contributed by atoms with van der Waals surface area (Å²) >= 11 is 0. The van der Waals surface area contributed by atoms with Gasteiger partial charge < -0.3 is 14.6 Å². The quantitative estimate of drug-likeness (QED) is 0.732. The zero-order valence-corrected chi connectivity index (χ0v) is 12.1. The Labute approximate surface area is 127 Å². The maximum Gasteiger partial charge on any atom is 0.310 e. The number of ether oxygens (including phenoxy) is 2. The minimum Gasteiger partial charge on any atom is -0.508 e. The highest BCUT2D eigenvalue weighted by Gasteiger charge is 2.34. The third kappa shape index (κ3) is 2.68. The monoisotopic (exact) mass is 304 g/mol. The van der Waals surface area contributed by atoms with Crippen molar-refractivity contribution >= 4 is 17.5 Å². The highest BCUT2D eigenvalue weighted by molar-refractivity contribution is 6.05. The second kappa shape index (κ2) is 5.44. The molecule has 3 aliphatic rings. The molecule has 0 radical (unpaired) electrons. The number of phenols is 1. The van der Waals surface area contributed by atoms with E-state index in [1.807, 2.05) is 0 Å². The summed E-state index contributed by atoms with van der Waals surface area (Å²) in [5.74, 6) is -0.912. The van der Waals surface area contributed by atoms with E-state index in [1.165, 1.54) is 12.1 Å². The van der Waals surface area contributed by atoms with Crippen molar-refractivity contribution in [2.24, 2.45) is 0 Å². The summed E-state index contributed by atoms with van der Waals surface area (Å²) in [6, 6.07) is 2.66. The third-order valence-corrected chi connectivity index (χ3v) is 3.91. The molecular weight excluding hydrogens is 288 g/mol. The molecule has 0 aromatic heterocycles. The van der Waals surface area contributed by atoms with Crippen molar-refractivity contribution in [2.45, 2.75) is 44.8 Å². The van der Waals surface area contributed by atoms with Crippen LogP contribution in [0.3, 0.4) is 0 Å². The number of phenolic OH excluding ortho intramolecular Hbond substituents is 1. The Bertz CT molecular complexity index is 663. The molecule has 4 rings (SSSR count). The number of esters is 1. The Morgan fingerprint density at radius 1 is 1.18 bits per heavy atom. The van der Waals surface area contributed by atoms with Gasteiger partial charge in [-0.3, -0.25) is 14.4 Å². The number of carbonyl (C=O) groups excluding carboxylic acids is 3. The van der Waals surface area contributed by atoms with Crippen molar-refractivity contribution < 1.29 is 29.0 Å². The summed E-state index contributed by atoms with van der Waals surface area (Å²) in [7, 11) is 0. The predicted molar refractivity (Wildman–Crippen MR) is 75.0 cm³/mol. The topological polar surface area (TPSA) is 89.9 Å². The van der Waals surface area contributed by atoms with Crippen LogP contribution in [0.15, 0.2) is 12.1 Å². The molecule has 3 aliphatic heterocycles. The molecule has 0 unspecified atom stereocenters. The summed E-state index contributed by atoms with van der Waals surface area (Å²) in [6.45, 7) is 1.72. The number of rotatable bonds is 0. The number of Topliss-reactive ketones (excluding diaryl/α,β-unsaturated/α-hetero) is 2. The van der Waals surface area contributed by atoms with Crippen molar-refractivity contribution in [2.75, 3.05) is 0 Å². The van der Waals surface area contributed by atoms with Crippen LogP contribution in [-0.2, 0) is 20.7 Å². The second-order valence-electron chi connectivity index (χ2n) is 5.69. The lowest BCUT2D eigenvalue weighted by atomic mass is 9.91. The molecule has 2 atom stereocenters. The molecule has 1 N–H and O–H groups in total. The molecular formula is C16H16O6. The summed E-state index contributed by atoms with van der Waals surface area (Å²) in [5, 5.41) is 9.76. The molecule has 1 aromatic rings. The molecule has 6 heteroatoms. The van der Waals surface area contributed by atoms with Gasteiger partial charge in [0.25, 0.3) is 0 Å². The third-order valence-electron chi connectivity index (χ3n) is 3.91. The fraction of sp³-hybridized carbons (Fsp3) is 0.438. The van der Waals surface area contributed by atoms with E-state index in [2.05, 4.69) is 0 Å². The minimum atomic E-state index is -0.836. The summed E-state index contributed by atoms with van der Waals surface area (Å²) in [6.07, 6.45) is -0.802. The van der Waals surface area contributed by atoms with Crippen LogP contribution in [0.25, 0.3) is 0 Å². The normalized spacial score (nSPS) is 25.0. The van der Waals surface area contributed by atoms with E-state index in [9.17, 15) is 19.5 Å². The van der Waals surface area contributed by atoms with E-state index in [1.54, 1.807) is 6.92 Å². The van der Waals surface area contributed by atoms with E-state index in [4.69, 9.17) is 9.47 Å². The van der Waals surface area contributed by atoms with Crippen molar-refractivity contribution in [3.8, 4) is 11.5 Å². The molecule has 0 fully saturated rings.